The van der Waals surface area contributed by atoms with Crippen LogP contribution in [0.4, 0.5) is 9.52 Å². The van der Waals surface area contributed by atoms with Gasteiger partial charge in [0.05, 0.1) is 36.6 Å². The van der Waals surface area contributed by atoms with Gasteiger partial charge < -0.3 is 4.90 Å². The molecule has 0 saturated heterocycles. The Morgan fingerprint density at radius 2 is 1.89 bits per heavy atom. The van der Waals surface area contributed by atoms with Crippen molar-refractivity contribution < 1.29 is 14.1 Å². The number of aromatic nitrogens is 1. The number of para-hydroxylation sites is 1. The molecule has 1 heterocycles. The zero-order chi connectivity index (χ0) is 19.9. The minimum absolute atomic E-state index is 0.000117. The molecule has 0 radical (unpaired) electrons. The van der Waals surface area contributed by atoms with Gasteiger partial charge in [0.25, 0.3) is 0 Å². The number of carbonyl (C=O) groups is 1. The molecule has 4 nitrogen and oxygen atoms in total. The van der Waals surface area contributed by atoms with Crippen LogP contribution in [0.25, 0.3) is 10.2 Å². The number of nitrogens with one attached hydrogen (secondary N) is 1. The fourth-order valence-electron chi connectivity index (χ4n) is 2.96. The highest BCUT2D eigenvalue weighted by molar-refractivity contribution is 8.00. The van der Waals surface area contributed by atoms with Gasteiger partial charge >= 0.3 is 0 Å². The van der Waals surface area contributed by atoms with Crippen molar-refractivity contribution in [2.45, 2.75) is 18.7 Å². The molecule has 3 rings (SSSR count). The van der Waals surface area contributed by atoms with Gasteiger partial charge in [0.15, 0.2) is 5.13 Å². The summed E-state index contributed by atoms with van der Waals surface area (Å²) in [6.45, 7) is 7.71. The average molecular weight is 419 g/mol. The zero-order valence-corrected chi connectivity index (χ0v) is 17.8. The minimum Gasteiger partial charge on any atom is -0.334 e. The fourth-order valence-corrected chi connectivity index (χ4v) is 4.78. The first-order chi connectivity index (χ1) is 13.6. The van der Waals surface area contributed by atoms with E-state index in [1.54, 1.807) is 11.0 Å². The first kappa shape index (κ1) is 20.8. The van der Waals surface area contributed by atoms with Crippen molar-refractivity contribution >= 4 is 44.4 Å². The molecule has 0 aliphatic carbocycles. The number of carbonyl (C=O) groups excluding carboxylic acids is 1. The third-order valence-corrected chi connectivity index (χ3v) is 6.73. The van der Waals surface area contributed by atoms with Gasteiger partial charge in [0.1, 0.15) is 11.3 Å². The maximum Gasteiger partial charge on any atom is 0.239 e. The van der Waals surface area contributed by atoms with Crippen molar-refractivity contribution in [2.75, 3.05) is 36.8 Å². The molecular weight excluding hydrogens is 393 g/mol. The predicted octanol–water partition coefficient (Wildman–Crippen LogP) is 3.49. The van der Waals surface area contributed by atoms with Crippen molar-refractivity contribution in [3.8, 4) is 0 Å². The molecule has 0 atom stereocenters. The van der Waals surface area contributed by atoms with E-state index < -0.39 is 0 Å². The molecule has 0 spiro atoms. The summed E-state index contributed by atoms with van der Waals surface area (Å²) in [5.74, 6) is -0.0176. The highest BCUT2D eigenvalue weighted by atomic mass is 32.2. The van der Waals surface area contributed by atoms with Gasteiger partial charge in [-0.05, 0) is 38.1 Å². The smallest absolute Gasteiger partial charge is 0.239 e. The van der Waals surface area contributed by atoms with Crippen LogP contribution >= 0.6 is 23.1 Å². The van der Waals surface area contributed by atoms with Crippen LogP contribution in [-0.2, 0) is 4.79 Å². The molecule has 0 saturated carbocycles. The van der Waals surface area contributed by atoms with E-state index in [-0.39, 0.29) is 11.7 Å². The first-order valence-corrected chi connectivity index (χ1v) is 11.3. The van der Waals surface area contributed by atoms with Crippen LogP contribution in [-0.4, -0.2) is 42.8 Å². The van der Waals surface area contributed by atoms with E-state index in [1.165, 1.54) is 34.1 Å². The topological polar surface area (TPSA) is 37.6 Å². The van der Waals surface area contributed by atoms with E-state index in [4.69, 9.17) is 0 Å². The fraction of sp³-hybridized carbons (Fsp3) is 0.333. The van der Waals surface area contributed by atoms with Crippen molar-refractivity contribution in [3.63, 3.8) is 0 Å². The standard InChI is InChI=1S/C21H24FN3OS2/c1-3-24(4-2)13-14-25(19(26)15-27-16-9-6-5-7-10-16)21-23-20-17(22)11-8-12-18(20)28-21/h5-12H,3-4,13-15H2,1-2H3/p+1. The maximum absolute atomic E-state index is 14.1. The largest absolute Gasteiger partial charge is 0.334 e. The molecule has 0 fully saturated rings. The van der Waals surface area contributed by atoms with Gasteiger partial charge in [-0.15, -0.1) is 11.8 Å². The average Bonchev–Trinajstić information content (AvgIpc) is 3.15. The van der Waals surface area contributed by atoms with Crippen LogP contribution in [0.2, 0.25) is 0 Å². The highest BCUT2D eigenvalue weighted by Gasteiger charge is 2.22. The molecule has 1 aromatic heterocycles. The number of likely N-dealkylation sites (N-methyl/N-ethyl adjacent to an activating group) is 1. The number of amides is 1. The van der Waals surface area contributed by atoms with Crippen LogP contribution in [0.15, 0.2) is 53.4 Å². The Hall–Kier alpha value is -1.96. The second-order valence-electron chi connectivity index (χ2n) is 6.44. The predicted molar refractivity (Wildman–Crippen MR) is 116 cm³/mol. The monoisotopic (exact) mass is 418 g/mol. The molecule has 148 valence electrons. The lowest BCUT2D eigenvalue weighted by atomic mass is 10.3. The summed E-state index contributed by atoms with van der Waals surface area (Å²) in [7, 11) is 0. The number of hydrogen-bond acceptors (Lipinski definition) is 4. The summed E-state index contributed by atoms with van der Waals surface area (Å²) >= 11 is 2.88. The van der Waals surface area contributed by atoms with E-state index in [9.17, 15) is 9.18 Å². The molecule has 2 aromatic carbocycles. The molecule has 0 aliphatic heterocycles. The molecule has 3 aromatic rings. The van der Waals surface area contributed by atoms with E-state index in [0.717, 1.165) is 29.2 Å². The lowest BCUT2D eigenvalue weighted by molar-refractivity contribution is -0.894. The maximum atomic E-state index is 14.1. The minimum atomic E-state index is -0.347. The van der Waals surface area contributed by atoms with E-state index in [1.807, 2.05) is 36.4 Å². The summed E-state index contributed by atoms with van der Waals surface area (Å²) < 4.78 is 14.9. The van der Waals surface area contributed by atoms with Crippen LogP contribution in [0.3, 0.4) is 0 Å². The quantitative estimate of drug-likeness (QED) is 0.541. The number of fused-ring (bicyclic) bond motifs is 1. The third kappa shape index (κ3) is 5.10. The number of anilines is 1. The Labute approximate surface area is 173 Å². The summed E-state index contributed by atoms with van der Waals surface area (Å²) in [5, 5.41) is 0.574. The second kappa shape index (κ2) is 10.0. The molecule has 0 bridgehead atoms. The second-order valence-corrected chi connectivity index (χ2v) is 8.50. The van der Waals surface area contributed by atoms with Crippen LogP contribution in [0, 0.1) is 5.82 Å². The van der Waals surface area contributed by atoms with Crippen molar-refractivity contribution in [1.82, 2.24) is 4.98 Å². The number of nitrogens with zero attached hydrogens (tertiary/aromatic N) is 2. The van der Waals surface area contributed by atoms with E-state index in [0.29, 0.717) is 22.9 Å². The molecule has 1 amide bonds. The Morgan fingerprint density at radius 3 is 2.57 bits per heavy atom. The zero-order valence-electron chi connectivity index (χ0n) is 16.2. The van der Waals surface area contributed by atoms with Crippen LogP contribution in [0.1, 0.15) is 13.8 Å². The van der Waals surface area contributed by atoms with Crippen molar-refractivity contribution in [1.29, 1.82) is 0 Å². The van der Waals surface area contributed by atoms with Crippen LogP contribution in [0.5, 0.6) is 0 Å². The molecule has 0 aliphatic rings. The van der Waals surface area contributed by atoms with Gasteiger partial charge in [-0.2, -0.15) is 0 Å². The molecule has 0 unspecified atom stereocenters. The number of hydrogen-bond donors (Lipinski definition) is 1. The van der Waals surface area contributed by atoms with Gasteiger partial charge in [-0.3, -0.25) is 9.69 Å². The summed E-state index contributed by atoms with van der Waals surface area (Å²) in [6.07, 6.45) is 0. The lowest BCUT2D eigenvalue weighted by Gasteiger charge is -2.23. The number of rotatable bonds is 9. The lowest BCUT2D eigenvalue weighted by Crippen LogP contribution is -3.12. The van der Waals surface area contributed by atoms with Gasteiger partial charge in [-0.25, -0.2) is 9.37 Å². The Bertz CT molecular complexity index is 912. The van der Waals surface area contributed by atoms with Crippen LogP contribution < -0.4 is 9.80 Å². The van der Waals surface area contributed by atoms with Gasteiger partial charge in [0, 0.05) is 4.90 Å². The summed E-state index contributed by atoms with van der Waals surface area (Å²) in [6, 6.07) is 14.8. The first-order valence-electron chi connectivity index (χ1n) is 9.49. The summed E-state index contributed by atoms with van der Waals surface area (Å²) in [5.41, 5.74) is 0.339. The van der Waals surface area contributed by atoms with Crippen molar-refractivity contribution in [2.24, 2.45) is 0 Å². The molecule has 7 heteroatoms. The molecule has 28 heavy (non-hydrogen) atoms. The molecular formula is C21H25FN3OS2+. The third-order valence-electron chi connectivity index (χ3n) is 4.68. The highest BCUT2D eigenvalue weighted by Crippen LogP contribution is 2.30. The number of thioether (sulfide) groups is 1. The number of benzene rings is 2. The Morgan fingerprint density at radius 1 is 1.14 bits per heavy atom. The Kier molecular flexibility index (Phi) is 7.42. The number of quaternary nitrogens is 1. The van der Waals surface area contributed by atoms with Crippen molar-refractivity contribution in [3.05, 3.63) is 54.3 Å². The SMILES string of the molecule is CC[NH+](CC)CCN(C(=O)CSc1ccccc1)c1nc2c(F)cccc2s1. The Balaban J connectivity index is 1.80. The normalized spacial score (nSPS) is 11.3. The number of halogens is 1. The van der Waals surface area contributed by atoms with E-state index >= 15 is 0 Å². The van der Waals surface area contributed by atoms with Gasteiger partial charge in [-0.1, -0.05) is 35.6 Å². The molecule has 1 N–H and O–H groups in total. The van der Waals surface area contributed by atoms with Gasteiger partial charge in [0.2, 0.25) is 5.91 Å². The summed E-state index contributed by atoms with van der Waals surface area (Å²) in [4.78, 5) is 21.7. The van der Waals surface area contributed by atoms with E-state index in [2.05, 4.69) is 18.8 Å². The number of thiazole rings is 1.